The predicted octanol–water partition coefficient (Wildman–Crippen LogP) is 4.21. The Bertz CT molecular complexity index is 944. The van der Waals surface area contributed by atoms with Crippen molar-refractivity contribution in [2.45, 2.75) is 45.2 Å². The lowest BCUT2D eigenvalue weighted by Crippen LogP contribution is -2.58. The molecule has 0 bridgehead atoms. The van der Waals surface area contributed by atoms with Crippen molar-refractivity contribution in [2.75, 3.05) is 32.7 Å². The topological polar surface area (TPSA) is 59.4 Å². The lowest BCUT2D eigenvalue weighted by Gasteiger charge is -2.46. The van der Waals surface area contributed by atoms with E-state index in [9.17, 15) is 10.1 Å². The Morgan fingerprint density at radius 2 is 1.70 bits per heavy atom. The first-order valence-electron chi connectivity index (χ1n) is 12.4. The van der Waals surface area contributed by atoms with Crippen LogP contribution in [0.3, 0.4) is 0 Å². The van der Waals surface area contributed by atoms with Crippen molar-refractivity contribution < 1.29 is 4.79 Å². The van der Waals surface area contributed by atoms with Crippen molar-refractivity contribution in [3.63, 3.8) is 0 Å². The van der Waals surface area contributed by atoms with Gasteiger partial charge in [0.2, 0.25) is 5.91 Å². The minimum absolute atomic E-state index is 0.113. The maximum absolute atomic E-state index is 13.3. The summed E-state index contributed by atoms with van der Waals surface area (Å²) in [7, 11) is 0. The monoisotopic (exact) mass is 444 g/mol. The van der Waals surface area contributed by atoms with Gasteiger partial charge in [0.05, 0.1) is 17.7 Å². The number of piperidine rings is 1. The first-order chi connectivity index (χ1) is 16.1. The van der Waals surface area contributed by atoms with Crippen LogP contribution in [0.25, 0.3) is 0 Å². The number of hydrogen-bond donors (Lipinski definition) is 1. The van der Waals surface area contributed by atoms with Gasteiger partial charge in [0.15, 0.2) is 0 Å². The smallest absolute Gasteiger partial charge is 0.223 e. The molecule has 2 aromatic carbocycles. The first kappa shape index (κ1) is 23.5. The number of carbonyl (C=O) groups excluding carboxylic acids is 1. The summed E-state index contributed by atoms with van der Waals surface area (Å²) in [5.41, 5.74) is 3.12. The van der Waals surface area contributed by atoms with Gasteiger partial charge in [-0.25, -0.2) is 0 Å². The second kappa shape index (κ2) is 11.0. The van der Waals surface area contributed by atoms with Crippen LogP contribution in [0.15, 0.2) is 54.6 Å². The maximum Gasteiger partial charge on any atom is 0.223 e. The molecule has 4 rings (SSSR count). The quantitative estimate of drug-likeness (QED) is 0.725. The van der Waals surface area contributed by atoms with Crippen molar-refractivity contribution in [3.8, 4) is 6.07 Å². The van der Waals surface area contributed by atoms with E-state index in [0.29, 0.717) is 29.7 Å². The van der Waals surface area contributed by atoms with E-state index < -0.39 is 0 Å². The second-order valence-corrected chi connectivity index (χ2v) is 9.84. The molecule has 1 amide bonds. The van der Waals surface area contributed by atoms with E-state index in [1.165, 1.54) is 11.1 Å². The van der Waals surface area contributed by atoms with E-state index in [0.717, 1.165) is 45.6 Å². The van der Waals surface area contributed by atoms with Crippen molar-refractivity contribution in [1.82, 2.24) is 15.1 Å². The number of rotatable bonds is 6. The number of nitrogens with one attached hydrogen (secondary N) is 1. The van der Waals surface area contributed by atoms with E-state index in [1.807, 2.05) is 18.2 Å². The average molecular weight is 445 g/mol. The van der Waals surface area contributed by atoms with Crippen LogP contribution in [-0.4, -0.2) is 54.5 Å². The van der Waals surface area contributed by atoms with Gasteiger partial charge in [0.1, 0.15) is 0 Å². The predicted molar refractivity (Wildman–Crippen MR) is 132 cm³/mol. The molecule has 0 saturated carbocycles. The zero-order valence-corrected chi connectivity index (χ0v) is 19.9. The molecule has 2 atom stereocenters. The van der Waals surface area contributed by atoms with Crippen LogP contribution < -0.4 is 5.32 Å². The van der Waals surface area contributed by atoms with Gasteiger partial charge in [-0.15, -0.1) is 0 Å². The third kappa shape index (κ3) is 5.63. The molecule has 2 heterocycles. The summed E-state index contributed by atoms with van der Waals surface area (Å²) in [4.78, 5) is 18.0. The van der Waals surface area contributed by atoms with E-state index in [2.05, 4.69) is 71.4 Å². The summed E-state index contributed by atoms with van der Waals surface area (Å²) in [6.07, 6.45) is 2.89. The van der Waals surface area contributed by atoms with Gasteiger partial charge in [-0.2, -0.15) is 5.26 Å². The fourth-order valence-electron chi connectivity index (χ4n) is 5.39. The summed E-state index contributed by atoms with van der Waals surface area (Å²) < 4.78 is 0. The lowest BCUT2D eigenvalue weighted by molar-refractivity contribution is -0.139. The number of piperazine rings is 1. The third-order valence-electron chi connectivity index (χ3n) is 7.30. The van der Waals surface area contributed by atoms with Gasteiger partial charge in [0.25, 0.3) is 0 Å². The van der Waals surface area contributed by atoms with Gasteiger partial charge < -0.3 is 10.2 Å². The highest BCUT2D eigenvalue weighted by Crippen LogP contribution is 2.33. The third-order valence-corrected chi connectivity index (χ3v) is 7.30. The number of benzene rings is 2. The molecule has 2 saturated heterocycles. The van der Waals surface area contributed by atoms with Gasteiger partial charge in [-0.1, -0.05) is 56.3 Å². The molecule has 5 heteroatoms. The van der Waals surface area contributed by atoms with E-state index in [1.54, 1.807) is 0 Å². The van der Waals surface area contributed by atoms with Gasteiger partial charge in [0, 0.05) is 32.1 Å². The van der Waals surface area contributed by atoms with Crippen molar-refractivity contribution in [3.05, 3.63) is 71.3 Å². The van der Waals surface area contributed by atoms with E-state index >= 15 is 0 Å². The standard InChI is InChI=1S/C28H36N4O/c1-21(2)26-20-31(16-17-32(26)27(33)18-22-12-14-30-15-13-22)28(24-6-4-3-5-7-24)25-10-8-23(19-29)9-11-25/h3-11,21-22,26,28,30H,12-18,20H2,1-2H3/t26-,28?/m1/s1. The average Bonchev–Trinajstić information content (AvgIpc) is 2.86. The molecule has 174 valence electrons. The molecule has 1 unspecified atom stereocenters. The van der Waals surface area contributed by atoms with Crippen LogP contribution in [0.2, 0.25) is 0 Å². The van der Waals surface area contributed by atoms with Crippen LogP contribution in [0, 0.1) is 23.2 Å². The van der Waals surface area contributed by atoms with Gasteiger partial charge >= 0.3 is 0 Å². The van der Waals surface area contributed by atoms with Crippen molar-refractivity contribution >= 4 is 5.91 Å². The molecule has 0 spiro atoms. The number of nitriles is 1. The van der Waals surface area contributed by atoms with Crippen LogP contribution in [0.5, 0.6) is 0 Å². The van der Waals surface area contributed by atoms with Gasteiger partial charge in [-0.05, 0) is 61.0 Å². The molecule has 0 aliphatic carbocycles. The molecule has 2 fully saturated rings. The normalized spacial score (nSPS) is 21.0. The van der Waals surface area contributed by atoms with Crippen LogP contribution >= 0.6 is 0 Å². The number of carbonyl (C=O) groups is 1. The minimum Gasteiger partial charge on any atom is -0.337 e. The van der Waals surface area contributed by atoms with Crippen LogP contribution in [0.1, 0.15) is 55.8 Å². The largest absolute Gasteiger partial charge is 0.337 e. The van der Waals surface area contributed by atoms with E-state index in [-0.39, 0.29) is 12.1 Å². The molecule has 0 aromatic heterocycles. The van der Waals surface area contributed by atoms with Crippen LogP contribution in [-0.2, 0) is 4.79 Å². The highest BCUT2D eigenvalue weighted by atomic mass is 16.2. The minimum atomic E-state index is 0.113. The highest BCUT2D eigenvalue weighted by molar-refractivity contribution is 5.77. The zero-order chi connectivity index (χ0) is 23.2. The number of hydrogen-bond acceptors (Lipinski definition) is 4. The van der Waals surface area contributed by atoms with Crippen molar-refractivity contribution in [2.24, 2.45) is 11.8 Å². The molecular weight excluding hydrogens is 408 g/mol. The Morgan fingerprint density at radius 3 is 2.33 bits per heavy atom. The Balaban J connectivity index is 1.55. The van der Waals surface area contributed by atoms with E-state index in [4.69, 9.17) is 0 Å². The molecule has 2 aliphatic rings. The molecule has 2 aromatic rings. The summed E-state index contributed by atoms with van der Waals surface area (Å²) >= 11 is 0. The number of nitrogens with zero attached hydrogens (tertiary/aromatic N) is 3. The Kier molecular flexibility index (Phi) is 7.80. The molecule has 0 radical (unpaired) electrons. The highest BCUT2D eigenvalue weighted by Gasteiger charge is 2.36. The van der Waals surface area contributed by atoms with Crippen LogP contribution in [0.4, 0.5) is 0 Å². The lowest BCUT2D eigenvalue weighted by atomic mass is 9.90. The summed E-state index contributed by atoms with van der Waals surface area (Å²) in [6.45, 7) is 9.00. The Morgan fingerprint density at radius 1 is 1.03 bits per heavy atom. The summed E-state index contributed by atoms with van der Waals surface area (Å²) in [5, 5.41) is 12.6. The Hall–Kier alpha value is -2.68. The molecular formula is C28H36N4O. The Labute approximate surface area is 198 Å². The zero-order valence-electron chi connectivity index (χ0n) is 19.9. The maximum atomic E-state index is 13.3. The fraction of sp³-hybridized carbons (Fsp3) is 0.500. The molecule has 33 heavy (non-hydrogen) atoms. The molecule has 5 nitrogen and oxygen atoms in total. The summed E-state index contributed by atoms with van der Waals surface area (Å²) in [5.74, 6) is 1.23. The molecule has 2 aliphatic heterocycles. The molecule has 1 N–H and O–H groups in total. The SMILES string of the molecule is CC(C)[C@H]1CN(C(c2ccccc2)c2ccc(C#N)cc2)CCN1C(=O)CC1CCNCC1. The number of amides is 1. The fourth-order valence-corrected chi connectivity index (χ4v) is 5.39. The summed E-state index contributed by atoms with van der Waals surface area (Å²) in [6, 6.07) is 21.1. The van der Waals surface area contributed by atoms with Crippen molar-refractivity contribution in [1.29, 1.82) is 5.26 Å². The first-order valence-corrected chi connectivity index (χ1v) is 12.4. The van der Waals surface area contributed by atoms with Gasteiger partial charge in [-0.3, -0.25) is 9.69 Å². The second-order valence-electron chi connectivity index (χ2n) is 9.84.